The lowest BCUT2D eigenvalue weighted by molar-refractivity contribution is -0.145. The van der Waals surface area contributed by atoms with Gasteiger partial charge in [-0.2, -0.15) is 0 Å². The van der Waals surface area contributed by atoms with Gasteiger partial charge < -0.3 is 20.3 Å². The SMILES string of the molecule is CCOc1cccn2c(C(=O)NC(CC(=O)O)C(=O)O)c(CC)nc12. The number of carboxylic acids is 2. The first-order valence-electron chi connectivity index (χ1n) is 7.77. The Labute approximate surface area is 143 Å². The monoisotopic (exact) mass is 349 g/mol. The molecular weight excluding hydrogens is 330 g/mol. The van der Waals surface area contributed by atoms with Crippen LogP contribution in [0.5, 0.6) is 5.75 Å². The average molecular weight is 349 g/mol. The molecule has 0 saturated carbocycles. The van der Waals surface area contributed by atoms with E-state index < -0.39 is 30.3 Å². The lowest BCUT2D eigenvalue weighted by Gasteiger charge is -2.13. The number of amides is 1. The Hall–Kier alpha value is -3.10. The third kappa shape index (κ3) is 3.87. The van der Waals surface area contributed by atoms with Crippen LogP contribution in [0.2, 0.25) is 0 Å². The molecule has 0 aromatic carbocycles. The summed E-state index contributed by atoms with van der Waals surface area (Å²) in [7, 11) is 0. The minimum atomic E-state index is -1.53. The highest BCUT2D eigenvalue weighted by Gasteiger charge is 2.27. The summed E-state index contributed by atoms with van der Waals surface area (Å²) < 4.78 is 7.01. The quantitative estimate of drug-likeness (QED) is 0.647. The maximum absolute atomic E-state index is 12.6. The number of hydrogen-bond donors (Lipinski definition) is 3. The maximum atomic E-state index is 12.6. The van der Waals surface area contributed by atoms with Gasteiger partial charge in [0.2, 0.25) is 0 Å². The summed E-state index contributed by atoms with van der Waals surface area (Å²) in [5, 5.41) is 20.1. The zero-order valence-electron chi connectivity index (χ0n) is 13.9. The summed E-state index contributed by atoms with van der Waals surface area (Å²) in [6, 6.07) is 1.87. The van der Waals surface area contributed by atoms with Gasteiger partial charge in [0.25, 0.3) is 5.91 Å². The molecule has 0 saturated heterocycles. The number of carbonyl (C=O) groups excluding carboxylic acids is 1. The number of imidazole rings is 1. The molecule has 2 heterocycles. The Kier molecular flexibility index (Phi) is 5.58. The molecule has 1 amide bonds. The van der Waals surface area contributed by atoms with E-state index >= 15 is 0 Å². The van der Waals surface area contributed by atoms with E-state index in [1.54, 1.807) is 18.3 Å². The van der Waals surface area contributed by atoms with Crippen LogP contribution in [0.25, 0.3) is 5.65 Å². The first-order valence-corrected chi connectivity index (χ1v) is 7.77. The molecule has 0 spiro atoms. The topological polar surface area (TPSA) is 130 Å². The van der Waals surface area contributed by atoms with E-state index in [-0.39, 0.29) is 5.69 Å². The van der Waals surface area contributed by atoms with Crippen molar-refractivity contribution in [3.05, 3.63) is 29.7 Å². The lowest BCUT2D eigenvalue weighted by Crippen LogP contribution is -2.42. The molecular formula is C16H19N3O6. The number of aromatic nitrogens is 2. The summed E-state index contributed by atoms with van der Waals surface area (Å²) in [6.45, 7) is 4.06. The molecule has 2 rings (SSSR count). The van der Waals surface area contributed by atoms with Gasteiger partial charge in [0.05, 0.1) is 18.7 Å². The number of ether oxygens (including phenoxy) is 1. The molecule has 0 aliphatic carbocycles. The fraction of sp³-hybridized carbons (Fsp3) is 0.375. The molecule has 0 aliphatic heterocycles. The van der Waals surface area contributed by atoms with Crippen LogP contribution < -0.4 is 10.1 Å². The van der Waals surface area contributed by atoms with Gasteiger partial charge in [-0.05, 0) is 25.5 Å². The summed E-state index contributed by atoms with van der Waals surface area (Å²) in [5.74, 6) is -2.94. The zero-order valence-corrected chi connectivity index (χ0v) is 13.9. The molecule has 9 heteroatoms. The molecule has 25 heavy (non-hydrogen) atoms. The van der Waals surface area contributed by atoms with Gasteiger partial charge in [0, 0.05) is 6.20 Å². The second-order valence-corrected chi connectivity index (χ2v) is 5.22. The van der Waals surface area contributed by atoms with E-state index in [0.717, 1.165) is 0 Å². The van der Waals surface area contributed by atoms with Crippen LogP contribution in [0.3, 0.4) is 0 Å². The lowest BCUT2D eigenvalue weighted by atomic mass is 10.2. The van der Waals surface area contributed by atoms with Gasteiger partial charge >= 0.3 is 11.9 Å². The Balaban J connectivity index is 2.44. The first-order chi connectivity index (χ1) is 11.9. The second-order valence-electron chi connectivity index (χ2n) is 5.22. The van der Waals surface area contributed by atoms with Gasteiger partial charge in [-0.25, -0.2) is 9.78 Å². The fourth-order valence-corrected chi connectivity index (χ4v) is 2.45. The van der Waals surface area contributed by atoms with Gasteiger partial charge in [0.15, 0.2) is 11.4 Å². The number of carbonyl (C=O) groups is 3. The molecule has 0 fully saturated rings. The van der Waals surface area contributed by atoms with Crippen molar-refractivity contribution < 1.29 is 29.3 Å². The number of nitrogens with zero attached hydrogens (tertiary/aromatic N) is 2. The highest BCUT2D eigenvalue weighted by atomic mass is 16.5. The molecule has 0 bridgehead atoms. The van der Waals surface area contributed by atoms with E-state index in [1.165, 1.54) is 4.40 Å². The number of nitrogens with one attached hydrogen (secondary N) is 1. The first kappa shape index (κ1) is 18.2. The van der Waals surface area contributed by atoms with Crippen LogP contribution in [0, 0.1) is 0 Å². The molecule has 0 radical (unpaired) electrons. The van der Waals surface area contributed by atoms with Crippen LogP contribution >= 0.6 is 0 Å². The van der Waals surface area contributed by atoms with E-state index in [9.17, 15) is 14.4 Å². The van der Waals surface area contributed by atoms with Crippen molar-refractivity contribution in [1.82, 2.24) is 14.7 Å². The van der Waals surface area contributed by atoms with E-state index in [0.29, 0.717) is 30.1 Å². The molecule has 1 unspecified atom stereocenters. The standard InChI is InChI=1S/C16H19N3O6/c1-3-9-13(15(22)18-10(16(23)24)8-12(20)21)19-7-5-6-11(25-4-2)14(19)17-9/h5-7,10H,3-4,8H2,1-2H3,(H,18,22)(H,20,21)(H,23,24). The Morgan fingerprint density at radius 3 is 2.60 bits per heavy atom. The van der Waals surface area contributed by atoms with Crippen molar-refractivity contribution in [2.45, 2.75) is 32.7 Å². The van der Waals surface area contributed by atoms with Gasteiger partial charge in [-0.15, -0.1) is 0 Å². The molecule has 3 N–H and O–H groups in total. The molecule has 1 atom stereocenters. The highest BCUT2D eigenvalue weighted by Crippen LogP contribution is 2.23. The zero-order chi connectivity index (χ0) is 18.6. The summed E-state index contributed by atoms with van der Waals surface area (Å²) in [4.78, 5) is 39.0. The van der Waals surface area contributed by atoms with E-state index in [1.807, 2.05) is 13.8 Å². The average Bonchev–Trinajstić information content (AvgIpc) is 2.93. The molecule has 134 valence electrons. The van der Waals surface area contributed by atoms with Gasteiger partial charge in [-0.3, -0.25) is 14.0 Å². The Morgan fingerprint density at radius 2 is 2.04 bits per heavy atom. The van der Waals surface area contributed by atoms with Crippen molar-refractivity contribution in [2.75, 3.05) is 6.61 Å². The normalized spacial score (nSPS) is 11.9. The maximum Gasteiger partial charge on any atom is 0.326 e. The summed E-state index contributed by atoms with van der Waals surface area (Å²) in [6.07, 6.45) is 1.34. The molecule has 9 nitrogen and oxygen atoms in total. The fourth-order valence-electron chi connectivity index (χ4n) is 2.45. The second kappa shape index (κ2) is 7.65. The number of aliphatic carboxylic acids is 2. The molecule has 2 aromatic heterocycles. The van der Waals surface area contributed by atoms with E-state index in [4.69, 9.17) is 14.9 Å². The predicted molar refractivity (Wildman–Crippen MR) is 86.9 cm³/mol. The van der Waals surface area contributed by atoms with Crippen LogP contribution in [0.15, 0.2) is 18.3 Å². The van der Waals surface area contributed by atoms with Crippen molar-refractivity contribution in [1.29, 1.82) is 0 Å². The predicted octanol–water partition coefficient (Wildman–Crippen LogP) is 0.953. The number of pyridine rings is 1. The number of rotatable bonds is 8. The third-order valence-electron chi connectivity index (χ3n) is 3.52. The smallest absolute Gasteiger partial charge is 0.326 e. The number of hydrogen-bond acceptors (Lipinski definition) is 5. The Morgan fingerprint density at radius 1 is 1.32 bits per heavy atom. The molecule has 0 aliphatic rings. The van der Waals surface area contributed by atoms with Crippen LogP contribution in [-0.4, -0.2) is 50.1 Å². The highest BCUT2D eigenvalue weighted by molar-refractivity contribution is 5.98. The Bertz CT molecular complexity index is 814. The largest absolute Gasteiger partial charge is 0.490 e. The van der Waals surface area contributed by atoms with Gasteiger partial charge in [0.1, 0.15) is 11.7 Å². The van der Waals surface area contributed by atoms with E-state index in [2.05, 4.69) is 10.3 Å². The van der Waals surface area contributed by atoms with Crippen molar-refractivity contribution in [3.63, 3.8) is 0 Å². The van der Waals surface area contributed by atoms with Crippen LogP contribution in [0.1, 0.15) is 36.5 Å². The summed E-state index contributed by atoms with van der Waals surface area (Å²) in [5.41, 5.74) is 1.07. The number of fused-ring (bicyclic) bond motifs is 1. The van der Waals surface area contributed by atoms with Crippen LogP contribution in [-0.2, 0) is 16.0 Å². The summed E-state index contributed by atoms with van der Waals surface area (Å²) >= 11 is 0. The number of aryl methyl sites for hydroxylation is 1. The molecule has 2 aromatic rings. The van der Waals surface area contributed by atoms with Crippen molar-refractivity contribution in [3.8, 4) is 5.75 Å². The number of carboxylic acid groups (broad SMARTS) is 2. The minimum absolute atomic E-state index is 0.163. The van der Waals surface area contributed by atoms with Gasteiger partial charge in [-0.1, -0.05) is 6.92 Å². The van der Waals surface area contributed by atoms with Crippen LogP contribution in [0.4, 0.5) is 0 Å². The van der Waals surface area contributed by atoms with Crippen molar-refractivity contribution >= 4 is 23.5 Å². The minimum Gasteiger partial charge on any atom is -0.490 e. The third-order valence-corrected chi connectivity index (χ3v) is 3.52. The van der Waals surface area contributed by atoms with Crippen molar-refractivity contribution in [2.24, 2.45) is 0 Å².